The molecule has 1 atom stereocenters. The minimum absolute atomic E-state index is 0.0726. The molecule has 1 aliphatic heterocycles. The zero-order valence-electron chi connectivity index (χ0n) is 23.9. The Labute approximate surface area is 240 Å². The van der Waals surface area contributed by atoms with Gasteiger partial charge in [-0.2, -0.15) is 0 Å². The number of benzene rings is 2. The fraction of sp³-hybridized carbons (Fsp3) is 0.467. The Morgan fingerprint density at radius 3 is 2.61 bits per heavy atom. The summed E-state index contributed by atoms with van der Waals surface area (Å²) in [5, 5.41) is 11.7. The van der Waals surface area contributed by atoms with Gasteiger partial charge in [0.1, 0.15) is 42.8 Å². The maximum absolute atomic E-state index is 13.3. The Bertz CT molecular complexity index is 1270. The number of nitrogens with zero attached hydrogens (tertiary/aromatic N) is 4. The van der Waals surface area contributed by atoms with Crippen LogP contribution in [0.15, 0.2) is 54.9 Å². The van der Waals surface area contributed by atoms with E-state index in [4.69, 9.17) is 18.9 Å². The first-order valence-corrected chi connectivity index (χ1v) is 13.7. The smallest absolute Gasteiger partial charge is 0.248 e. The van der Waals surface area contributed by atoms with E-state index in [1.165, 1.54) is 31.4 Å². The molecule has 4 rings (SSSR count). The Hall–Kier alpha value is -3.67. The van der Waals surface area contributed by atoms with Crippen molar-refractivity contribution in [2.75, 3.05) is 60.2 Å². The molecule has 1 amide bonds. The molecule has 41 heavy (non-hydrogen) atoms. The van der Waals surface area contributed by atoms with E-state index < -0.39 is 5.60 Å². The molecule has 2 aromatic carbocycles. The van der Waals surface area contributed by atoms with Crippen LogP contribution in [0.25, 0.3) is 0 Å². The van der Waals surface area contributed by atoms with Crippen LogP contribution in [0.3, 0.4) is 0 Å². The van der Waals surface area contributed by atoms with Gasteiger partial charge in [-0.3, -0.25) is 9.69 Å². The number of carbonyl (C=O) groups excluding carboxylic acids is 1. The molecule has 10 nitrogen and oxygen atoms in total. The van der Waals surface area contributed by atoms with E-state index in [2.05, 4.69) is 21.4 Å². The van der Waals surface area contributed by atoms with Crippen molar-refractivity contribution in [3.8, 4) is 17.2 Å². The number of imidazole rings is 1. The summed E-state index contributed by atoms with van der Waals surface area (Å²) in [6, 6.07) is 11.4. The van der Waals surface area contributed by atoms with E-state index in [-0.39, 0.29) is 38.0 Å². The molecule has 2 heterocycles. The van der Waals surface area contributed by atoms with Crippen molar-refractivity contribution in [2.45, 2.75) is 32.0 Å². The molecule has 3 aromatic rings. The van der Waals surface area contributed by atoms with Crippen molar-refractivity contribution in [2.24, 2.45) is 0 Å². The van der Waals surface area contributed by atoms with Gasteiger partial charge in [0.15, 0.2) is 11.5 Å². The summed E-state index contributed by atoms with van der Waals surface area (Å²) in [4.78, 5) is 20.7. The average Bonchev–Trinajstić information content (AvgIpc) is 3.35. The highest BCUT2D eigenvalue weighted by molar-refractivity contribution is 5.77. The molecule has 1 aromatic heterocycles. The molecule has 0 spiro atoms. The van der Waals surface area contributed by atoms with Gasteiger partial charge in [-0.15, -0.1) is 0 Å². The number of rotatable bonds is 13. The quantitative estimate of drug-likeness (QED) is 0.335. The number of carbonyl (C=O) groups is 1. The first-order valence-electron chi connectivity index (χ1n) is 13.7. The van der Waals surface area contributed by atoms with Gasteiger partial charge in [0.25, 0.3) is 0 Å². The summed E-state index contributed by atoms with van der Waals surface area (Å²) in [5.41, 5.74) is -0.404. The Kier molecular flexibility index (Phi) is 10.6. The molecule has 222 valence electrons. The molecule has 0 bridgehead atoms. The first kappa shape index (κ1) is 30.3. The van der Waals surface area contributed by atoms with E-state index in [0.29, 0.717) is 50.0 Å². The van der Waals surface area contributed by atoms with Gasteiger partial charge in [0.05, 0.1) is 20.2 Å². The van der Waals surface area contributed by atoms with Crippen molar-refractivity contribution in [3.05, 3.63) is 72.1 Å². The number of aryl methyl sites for hydroxylation is 1. The SMILES string of the molecule is CCc1nccn1CCOc1cc(CN2CCN(C(=O)COC)C[C@](O)(COc3ccc(F)cc3)C2)ccc1OC. The van der Waals surface area contributed by atoms with E-state index in [9.17, 15) is 14.3 Å². The number of halogens is 1. The number of aromatic nitrogens is 2. The van der Waals surface area contributed by atoms with Gasteiger partial charge in [0.2, 0.25) is 5.91 Å². The number of hydrogen-bond donors (Lipinski definition) is 1. The lowest BCUT2D eigenvalue weighted by atomic mass is 10.0. The number of ether oxygens (including phenoxy) is 4. The second kappa shape index (κ2) is 14.3. The topological polar surface area (TPSA) is 98.5 Å². The molecule has 1 N–H and O–H groups in total. The van der Waals surface area contributed by atoms with Crippen LogP contribution in [-0.2, 0) is 29.0 Å². The Morgan fingerprint density at radius 1 is 1.07 bits per heavy atom. The predicted octanol–water partition coefficient (Wildman–Crippen LogP) is 2.77. The molecule has 0 aliphatic carbocycles. The highest BCUT2D eigenvalue weighted by Gasteiger charge is 2.37. The number of amides is 1. The van der Waals surface area contributed by atoms with Crippen LogP contribution in [0.1, 0.15) is 18.3 Å². The van der Waals surface area contributed by atoms with E-state index in [1.807, 2.05) is 24.4 Å². The largest absolute Gasteiger partial charge is 0.493 e. The molecule has 1 saturated heterocycles. The van der Waals surface area contributed by atoms with Gasteiger partial charge in [0, 0.05) is 52.1 Å². The van der Waals surface area contributed by atoms with E-state index in [0.717, 1.165) is 17.8 Å². The summed E-state index contributed by atoms with van der Waals surface area (Å²) in [6.45, 7) is 4.83. The number of aliphatic hydroxyl groups is 1. The summed E-state index contributed by atoms with van der Waals surface area (Å²) in [5.74, 6) is 2.12. The van der Waals surface area contributed by atoms with Crippen molar-refractivity contribution >= 4 is 5.91 Å². The number of methoxy groups -OCH3 is 2. The lowest BCUT2D eigenvalue weighted by Crippen LogP contribution is -2.52. The lowest BCUT2D eigenvalue weighted by Gasteiger charge is -2.33. The average molecular weight is 571 g/mol. The monoisotopic (exact) mass is 570 g/mol. The van der Waals surface area contributed by atoms with Gasteiger partial charge >= 0.3 is 0 Å². The molecule has 0 radical (unpaired) electrons. The third-order valence-corrected chi connectivity index (χ3v) is 6.97. The minimum Gasteiger partial charge on any atom is -0.493 e. The second-order valence-electron chi connectivity index (χ2n) is 10.1. The highest BCUT2D eigenvalue weighted by atomic mass is 19.1. The van der Waals surface area contributed by atoms with Crippen LogP contribution >= 0.6 is 0 Å². The summed E-state index contributed by atoms with van der Waals surface area (Å²) >= 11 is 0. The summed E-state index contributed by atoms with van der Waals surface area (Å²) < 4.78 is 37.9. The van der Waals surface area contributed by atoms with Crippen LogP contribution in [0.2, 0.25) is 0 Å². The standard InChI is InChI=1S/C30H39FN4O6/c1-4-28-32-11-12-34(28)15-16-40-27-17-23(5-10-26(27)39-3)18-33-13-14-35(29(36)19-38-2)21-30(37,20-33)22-41-25-8-6-24(31)7-9-25/h5-12,17,37H,4,13-16,18-22H2,1-3H3/t30-/m0/s1. The second-order valence-corrected chi connectivity index (χ2v) is 10.1. The zero-order chi connectivity index (χ0) is 29.2. The summed E-state index contributed by atoms with van der Waals surface area (Å²) in [6.07, 6.45) is 4.57. The van der Waals surface area contributed by atoms with Crippen LogP contribution < -0.4 is 14.2 Å². The third kappa shape index (κ3) is 8.42. The lowest BCUT2D eigenvalue weighted by molar-refractivity contribution is -0.138. The normalized spacial score (nSPS) is 17.7. The fourth-order valence-electron chi connectivity index (χ4n) is 4.95. The number of hydrogen-bond acceptors (Lipinski definition) is 8. The molecular formula is C30H39FN4O6. The van der Waals surface area contributed by atoms with Gasteiger partial charge in [-0.05, 0) is 42.0 Å². The van der Waals surface area contributed by atoms with Crippen LogP contribution in [0.4, 0.5) is 4.39 Å². The van der Waals surface area contributed by atoms with Gasteiger partial charge in [-0.25, -0.2) is 9.37 Å². The Morgan fingerprint density at radius 2 is 1.88 bits per heavy atom. The zero-order valence-corrected chi connectivity index (χ0v) is 23.9. The van der Waals surface area contributed by atoms with Crippen LogP contribution in [-0.4, -0.2) is 96.2 Å². The van der Waals surface area contributed by atoms with Crippen LogP contribution in [0, 0.1) is 5.82 Å². The van der Waals surface area contributed by atoms with Crippen molar-refractivity contribution in [1.29, 1.82) is 0 Å². The molecule has 0 unspecified atom stereocenters. The maximum Gasteiger partial charge on any atom is 0.248 e. The van der Waals surface area contributed by atoms with Crippen molar-refractivity contribution in [1.82, 2.24) is 19.4 Å². The number of β-amino-alcohol motifs (C(OH)–C–C–N with tert-alkyl or cyclic N) is 1. The van der Waals surface area contributed by atoms with E-state index in [1.54, 1.807) is 18.2 Å². The molecule has 0 saturated carbocycles. The van der Waals surface area contributed by atoms with Crippen molar-refractivity contribution < 1.29 is 33.2 Å². The van der Waals surface area contributed by atoms with Crippen molar-refractivity contribution in [3.63, 3.8) is 0 Å². The molecule has 11 heteroatoms. The molecule has 1 aliphatic rings. The maximum atomic E-state index is 13.3. The van der Waals surface area contributed by atoms with E-state index >= 15 is 0 Å². The fourth-order valence-corrected chi connectivity index (χ4v) is 4.95. The van der Waals surface area contributed by atoms with Gasteiger partial charge in [-0.1, -0.05) is 13.0 Å². The first-order chi connectivity index (χ1) is 19.8. The molecular weight excluding hydrogens is 531 g/mol. The third-order valence-electron chi connectivity index (χ3n) is 6.97. The summed E-state index contributed by atoms with van der Waals surface area (Å²) in [7, 11) is 3.07. The highest BCUT2D eigenvalue weighted by Crippen LogP contribution is 2.29. The minimum atomic E-state index is -1.37. The molecule has 1 fully saturated rings. The Balaban J connectivity index is 1.46. The van der Waals surface area contributed by atoms with Crippen LogP contribution in [0.5, 0.6) is 17.2 Å². The van der Waals surface area contributed by atoms with Gasteiger partial charge < -0.3 is 33.5 Å². The predicted molar refractivity (Wildman–Crippen MR) is 151 cm³/mol.